The molecule has 0 fully saturated rings. The lowest BCUT2D eigenvalue weighted by molar-refractivity contribution is -0.132. The number of hydrogen-bond acceptors (Lipinski definition) is 2. The Balaban J connectivity index is 2.09. The molecule has 0 aromatic carbocycles. The Bertz CT molecular complexity index is 434. The van der Waals surface area contributed by atoms with E-state index in [9.17, 15) is 4.79 Å². The Morgan fingerprint density at radius 2 is 2.11 bits per heavy atom. The summed E-state index contributed by atoms with van der Waals surface area (Å²) in [7, 11) is 0. The van der Waals surface area contributed by atoms with Crippen molar-refractivity contribution in [3.05, 3.63) is 17.0 Å². The van der Waals surface area contributed by atoms with Gasteiger partial charge in [-0.15, -0.1) is 0 Å². The van der Waals surface area contributed by atoms with E-state index in [0.29, 0.717) is 24.8 Å². The SMILES string of the molecule is CC(C)CC(=O)N1CCc2c(C(C)C)n[nH]c2C1. The van der Waals surface area contributed by atoms with Gasteiger partial charge in [0.2, 0.25) is 5.91 Å². The van der Waals surface area contributed by atoms with Crippen LogP contribution in [0.1, 0.15) is 57.0 Å². The highest BCUT2D eigenvalue weighted by molar-refractivity contribution is 5.76. The number of fused-ring (bicyclic) bond motifs is 1. The molecule has 1 N–H and O–H groups in total. The third kappa shape index (κ3) is 2.57. The van der Waals surface area contributed by atoms with Crippen LogP contribution in [-0.2, 0) is 17.8 Å². The second kappa shape index (κ2) is 5.12. The van der Waals surface area contributed by atoms with Crippen molar-refractivity contribution < 1.29 is 4.79 Å². The van der Waals surface area contributed by atoms with Gasteiger partial charge in [-0.25, -0.2) is 0 Å². The maximum atomic E-state index is 12.1. The summed E-state index contributed by atoms with van der Waals surface area (Å²) in [6, 6.07) is 0. The van der Waals surface area contributed by atoms with E-state index in [-0.39, 0.29) is 5.91 Å². The van der Waals surface area contributed by atoms with Gasteiger partial charge in [0, 0.05) is 18.5 Å². The second-order valence-corrected chi connectivity index (χ2v) is 5.88. The summed E-state index contributed by atoms with van der Waals surface area (Å²) in [6.07, 6.45) is 1.57. The second-order valence-electron chi connectivity index (χ2n) is 5.88. The summed E-state index contributed by atoms with van der Waals surface area (Å²) in [5.41, 5.74) is 3.63. The maximum absolute atomic E-state index is 12.1. The zero-order valence-electron chi connectivity index (χ0n) is 11.8. The van der Waals surface area contributed by atoms with Crippen LogP contribution in [0.15, 0.2) is 0 Å². The largest absolute Gasteiger partial charge is 0.336 e. The van der Waals surface area contributed by atoms with Gasteiger partial charge in [-0.2, -0.15) is 5.10 Å². The van der Waals surface area contributed by atoms with Crippen molar-refractivity contribution in [2.45, 2.75) is 53.0 Å². The average molecular weight is 249 g/mol. The zero-order valence-corrected chi connectivity index (χ0v) is 11.8. The van der Waals surface area contributed by atoms with Gasteiger partial charge in [0.15, 0.2) is 0 Å². The first-order valence-corrected chi connectivity index (χ1v) is 6.82. The molecule has 1 aromatic heterocycles. The fourth-order valence-corrected chi connectivity index (χ4v) is 2.51. The first-order valence-electron chi connectivity index (χ1n) is 6.82. The van der Waals surface area contributed by atoms with Crippen LogP contribution in [0.5, 0.6) is 0 Å². The van der Waals surface area contributed by atoms with E-state index in [0.717, 1.165) is 18.7 Å². The normalized spacial score (nSPS) is 15.3. The number of carbonyl (C=O) groups is 1. The van der Waals surface area contributed by atoms with Crippen LogP contribution in [0.2, 0.25) is 0 Å². The van der Waals surface area contributed by atoms with Gasteiger partial charge in [0.25, 0.3) is 0 Å². The Hall–Kier alpha value is -1.32. The van der Waals surface area contributed by atoms with Gasteiger partial charge in [-0.3, -0.25) is 9.89 Å². The smallest absolute Gasteiger partial charge is 0.223 e. The fourth-order valence-electron chi connectivity index (χ4n) is 2.51. The van der Waals surface area contributed by atoms with Crippen LogP contribution in [0.3, 0.4) is 0 Å². The fraction of sp³-hybridized carbons (Fsp3) is 0.714. The van der Waals surface area contributed by atoms with Crippen LogP contribution >= 0.6 is 0 Å². The highest BCUT2D eigenvalue weighted by Crippen LogP contribution is 2.25. The van der Waals surface area contributed by atoms with Gasteiger partial charge in [-0.1, -0.05) is 27.7 Å². The summed E-state index contributed by atoms with van der Waals surface area (Å²) >= 11 is 0. The molecule has 4 nitrogen and oxygen atoms in total. The molecule has 1 amide bonds. The lowest BCUT2D eigenvalue weighted by Gasteiger charge is -2.27. The molecule has 0 spiro atoms. The van der Waals surface area contributed by atoms with Crippen molar-refractivity contribution in [3.8, 4) is 0 Å². The molecule has 0 saturated heterocycles. The molecule has 4 heteroatoms. The number of nitrogens with one attached hydrogen (secondary N) is 1. The Morgan fingerprint density at radius 3 is 2.72 bits per heavy atom. The molecule has 0 atom stereocenters. The number of amides is 1. The third-order valence-corrected chi connectivity index (χ3v) is 3.45. The van der Waals surface area contributed by atoms with Gasteiger partial charge in [0.05, 0.1) is 17.9 Å². The number of hydrogen-bond donors (Lipinski definition) is 1. The molecule has 0 radical (unpaired) electrons. The number of H-pyrrole nitrogens is 1. The van der Waals surface area contributed by atoms with E-state index in [1.807, 2.05) is 4.90 Å². The average Bonchev–Trinajstić information content (AvgIpc) is 2.70. The predicted molar refractivity (Wildman–Crippen MR) is 71.3 cm³/mol. The van der Waals surface area contributed by atoms with Gasteiger partial charge in [-0.05, 0) is 18.3 Å². The Kier molecular flexibility index (Phi) is 3.73. The van der Waals surface area contributed by atoms with Crippen LogP contribution in [0, 0.1) is 5.92 Å². The number of nitrogens with zero attached hydrogens (tertiary/aromatic N) is 2. The standard InChI is InChI=1S/C14H23N3O/c1-9(2)7-13(18)17-6-5-11-12(8-17)15-16-14(11)10(3)4/h9-10H,5-8H2,1-4H3,(H,15,16). The molecule has 2 rings (SSSR count). The quantitative estimate of drug-likeness (QED) is 0.894. The summed E-state index contributed by atoms with van der Waals surface area (Å²) in [6.45, 7) is 10.0. The summed E-state index contributed by atoms with van der Waals surface area (Å²) in [4.78, 5) is 14.0. The lowest BCUT2D eigenvalue weighted by atomic mass is 9.98. The van der Waals surface area contributed by atoms with Gasteiger partial charge < -0.3 is 4.90 Å². The number of aromatic nitrogens is 2. The van der Waals surface area contributed by atoms with E-state index >= 15 is 0 Å². The topological polar surface area (TPSA) is 49.0 Å². The predicted octanol–water partition coefficient (Wildman–Crippen LogP) is 2.46. The van der Waals surface area contributed by atoms with Gasteiger partial charge in [0.1, 0.15) is 0 Å². The lowest BCUT2D eigenvalue weighted by Crippen LogP contribution is -2.36. The molecule has 100 valence electrons. The molecule has 18 heavy (non-hydrogen) atoms. The molecule has 0 bridgehead atoms. The Labute approximate surface area is 109 Å². The highest BCUT2D eigenvalue weighted by Gasteiger charge is 2.25. The summed E-state index contributed by atoms with van der Waals surface area (Å²) in [5, 5.41) is 7.49. The molecule has 0 unspecified atom stereocenters. The molecule has 1 aliphatic rings. The van der Waals surface area contributed by atoms with Gasteiger partial charge >= 0.3 is 0 Å². The van der Waals surface area contributed by atoms with Crippen molar-refractivity contribution in [1.82, 2.24) is 15.1 Å². The minimum absolute atomic E-state index is 0.261. The molecule has 1 aromatic rings. The molecular weight excluding hydrogens is 226 g/mol. The number of carbonyl (C=O) groups excluding carboxylic acids is 1. The molecular formula is C14H23N3O. The minimum Gasteiger partial charge on any atom is -0.336 e. The molecule has 0 saturated carbocycles. The van der Waals surface area contributed by atoms with Crippen molar-refractivity contribution in [1.29, 1.82) is 0 Å². The zero-order chi connectivity index (χ0) is 13.3. The van der Waals surface area contributed by atoms with Crippen LogP contribution in [-0.4, -0.2) is 27.5 Å². The molecule has 1 aliphatic heterocycles. The van der Waals surface area contributed by atoms with E-state index in [4.69, 9.17) is 0 Å². The number of aromatic amines is 1. The minimum atomic E-state index is 0.261. The molecule has 0 aliphatic carbocycles. The summed E-state index contributed by atoms with van der Waals surface area (Å²) in [5.74, 6) is 1.13. The van der Waals surface area contributed by atoms with Crippen LogP contribution in [0.4, 0.5) is 0 Å². The van der Waals surface area contributed by atoms with E-state index < -0.39 is 0 Å². The monoisotopic (exact) mass is 249 g/mol. The van der Waals surface area contributed by atoms with Crippen molar-refractivity contribution in [3.63, 3.8) is 0 Å². The first kappa shape index (κ1) is 13.1. The van der Waals surface area contributed by atoms with Crippen LogP contribution in [0.25, 0.3) is 0 Å². The highest BCUT2D eigenvalue weighted by atomic mass is 16.2. The van der Waals surface area contributed by atoms with Crippen molar-refractivity contribution in [2.75, 3.05) is 6.54 Å². The third-order valence-electron chi connectivity index (χ3n) is 3.45. The van der Waals surface area contributed by atoms with E-state index in [1.165, 1.54) is 11.3 Å². The maximum Gasteiger partial charge on any atom is 0.223 e. The van der Waals surface area contributed by atoms with Crippen molar-refractivity contribution in [2.24, 2.45) is 5.92 Å². The van der Waals surface area contributed by atoms with Crippen LogP contribution < -0.4 is 0 Å². The Morgan fingerprint density at radius 1 is 1.39 bits per heavy atom. The number of rotatable bonds is 3. The van der Waals surface area contributed by atoms with E-state index in [2.05, 4.69) is 37.9 Å². The van der Waals surface area contributed by atoms with E-state index in [1.54, 1.807) is 0 Å². The van der Waals surface area contributed by atoms with Crippen molar-refractivity contribution >= 4 is 5.91 Å². The molecule has 2 heterocycles. The first-order chi connectivity index (χ1) is 8.49. The summed E-state index contributed by atoms with van der Waals surface area (Å²) < 4.78 is 0.